The molecule has 0 aromatic rings. The van der Waals surface area contributed by atoms with Crippen LogP contribution in [0, 0.1) is 0 Å². The summed E-state index contributed by atoms with van der Waals surface area (Å²) in [5, 5.41) is 0. The topological polar surface area (TPSA) is 26.3 Å². The summed E-state index contributed by atoms with van der Waals surface area (Å²) in [5.74, 6) is -0.138. The molecule has 0 aromatic heterocycles. The molecular formula is C20H31IO2. The van der Waals surface area contributed by atoms with E-state index in [1.165, 1.54) is 25.7 Å². The summed E-state index contributed by atoms with van der Waals surface area (Å²) in [6.07, 6.45) is 28.1. The summed E-state index contributed by atoms with van der Waals surface area (Å²) in [6.45, 7) is 2.24. The number of hydrogen-bond donors (Lipinski definition) is 0. The third-order valence-electron chi connectivity index (χ3n) is 3.30. The minimum atomic E-state index is -0.138. The number of rotatable bonds is 14. The van der Waals surface area contributed by atoms with Crippen molar-refractivity contribution in [3.05, 3.63) is 48.6 Å². The van der Waals surface area contributed by atoms with E-state index in [9.17, 15) is 4.79 Å². The van der Waals surface area contributed by atoms with Crippen LogP contribution in [0.25, 0.3) is 0 Å². The Labute approximate surface area is 156 Å². The maximum absolute atomic E-state index is 10.9. The van der Waals surface area contributed by atoms with Crippen molar-refractivity contribution in [1.29, 1.82) is 0 Å². The molecule has 0 spiro atoms. The van der Waals surface area contributed by atoms with Crippen molar-refractivity contribution in [3.8, 4) is 0 Å². The van der Waals surface area contributed by atoms with Crippen LogP contribution in [0.5, 0.6) is 0 Å². The molecule has 0 rings (SSSR count). The largest absolute Gasteiger partial charge is 0.394 e. The van der Waals surface area contributed by atoms with E-state index in [-0.39, 0.29) is 5.97 Å². The van der Waals surface area contributed by atoms with Gasteiger partial charge in [0.05, 0.1) is 0 Å². The Morgan fingerprint density at radius 3 is 1.74 bits per heavy atom. The first kappa shape index (κ1) is 22.2. The molecular weight excluding hydrogens is 399 g/mol. The summed E-state index contributed by atoms with van der Waals surface area (Å²) < 4.78 is 4.56. The zero-order valence-electron chi connectivity index (χ0n) is 14.4. The van der Waals surface area contributed by atoms with Gasteiger partial charge in [-0.1, -0.05) is 68.4 Å². The minimum absolute atomic E-state index is 0.138. The average Bonchev–Trinajstić information content (AvgIpc) is 2.57. The Balaban J connectivity index is 3.42. The van der Waals surface area contributed by atoms with E-state index in [0.717, 1.165) is 32.1 Å². The fraction of sp³-hybridized carbons (Fsp3) is 0.550. The molecule has 0 unspecified atom stereocenters. The van der Waals surface area contributed by atoms with E-state index < -0.39 is 0 Å². The van der Waals surface area contributed by atoms with Gasteiger partial charge in [0.25, 0.3) is 0 Å². The molecule has 3 heteroatoms. The molecule has 0 saturated heterocycles. The second-order valence-electron chi connectivity index (χ2n) is 5.43. The van der Waals surface area contributed by atoms with E-state index >= 15 is 0 Å². The zero-order valence-corrected chi connectivity index (χ0v) is 16.5. The number of carbonyl (C=O) groups excluding carboxylic acids is 1. The van der Waals surface area contributed by atoms with Crippen LogP contribution in [0.15, 0.2) is 48.6 Å². The Morgan fingerprint density at radius 1 is 0.783 bits per heavy atom. The van der Waals surface area contributed by atoms with Gasteiger partial charge in [0.15, 0.2) is 23.0 Å². The monoisotopic (exact) mass is 430 g/mol. The SMILES string of the molecule is CCCCC/C=C\C/C=C\C/C=C\C/C=C\CCCC(=O)OI. The van der Waals surface area contributed by atoms with Gasteiger partial charge in [-0.05, 0) is 44.9 Å². The molecule has 0 aliphatic rings. The van der Waals surface area contributed by atoms with Crippen LogP contribution < -0.4 is 0 Å². The third kappa shape index (κ3) is 19.1. The van der Waals surface area contributed by atoms with Crippen molar-refractivity contribution < 1.29 is 7.86 Å². The number of halogens is 1. The molecule has 0 aliphatic carbocycles. The van der Waals surface area contributed by atoms with Gasteiger partial charge in [-0.3, -0.25) is 4.79 Å². The van der Waals surface area contributed by atoms with Gasteiger partial charge in [0.2, 0.25) is 0 Å². The van der Waals surface area contributed by atoms with Gasteiger partial charge >= 0.3 is 5.97 Å². The second kappa shape index (κ2) is 19.2. The van der Waals surface area contributed by atoms with Gasteiger partial charge in [-0.2, -0.15) is 0 Å². The molecule has 23 heavy (non-hydrogen) atoms. The highest BCUT2D eigenvalue weighted by Crippen LogP contribution is 2.02. The zero-order chi connectivity index (χ0) is 17.0. The van der Waals surface area contributed by atoms with Crippen molar-refractivity contribution in [2.75, 3.05) is 0 Å². The third-order valence-corrected chi connectivity index (χ3v) is 3.79. The molecule has 2 nitrogen and oxygen atoms in total. The molecule has 130 valence electrons. The summed E-state index contributed by atoms with van der Waals surface area (Å²) in [4.78, 5) is 10.9. The highest BCUT2D eigenvalue weighted by atomic mass is 127. The van der Waals surface area contributed by atoms with Crippen molar-refractivity contribution in [3.63, 3.8) is 0 Å². The maximum Gasteiger partial charge on any atom is 0.315 e. The molecule has 0 aliphatic heterocycles. The molecule has 0 fully saturated rings. The molecule has 0 radical (unpaired) electrons. The first-order chi connectivity index (χ1) is 11.3. The van der Waals surface area contributed by atoms with Gasteiger partial charge in [0.1, 0.15) is 0 Å². The van der Waals surface area contributed by atoms with Crippen molar-refractivity contribution >= 4 is 29.0 Å². The lowest BCUT2D eigenvalue weighted by Gasteiger charge is -1.93. The van der Waals surface area contributed by atoms with Gasteiger partial charge in [0, 0.05) is 6.42 Å². The Kier molecular flexibility index (Phi) is 18.5. The number of hydrogen-bond acceptors (Lipinski definition) is 2. The minimum Gasteiger partial charge on any atom is -0.394 e. The second-order valence-corrected chi connectivity index (χ2v) is 5.87. The maximum atomic E-state index is 10.9. The number of allylic oxidation sites excluding steroid dienone is 8. The molecule has 0 aromatic carbocycles. The predicted octanol–water partition coefficient (Wildman–Crippen LogP) is 7.03. The van der Waals surface area contributed by atoms with Gasteiger partial charge in [-0.15, -0.1) is 0 Å². The first-order valence-corrected chi connectivity index (χ1v) is 9.60. The lowest BCUT2D eigenvalue weighted by atomic mass is 10.2. The predicted molar refractivity (Wildman–Crippen MR) is 109 cm³/mol. The summed E-state index contributed by atoms with van der Waals surface area (Å²) in [7, 11) is 0. The van der Waals surface area contributed by atoms with Crippen LogP contribution in [0.2, 0.25) is 0 Å². The van der Waals surface area contributed by atoms with E-state index in [0.29, 0.717) is 6.42 Å². The lowest BCUT2D eigenvalue weighted by molar-refractivity contribution is -0.131. The average molecular weight is 430 g/mol. The Morgan fingerprint density at radius 2 is 1.26 bits per heavy atom. The standard InChI is InChI=1S/C20H31IO2/c1-2-3-4-5-6-7-8-9-10-11-12-13-14-15-16-17-18-19-20(22)23-21/h6-7,9-10,12-13,15-16H,2-5,8,11,14,17-19H2,1H3/b7-6-,10-9-,13-12-,16-15-. The fourth-order valence-corrected chi connectivity index (χ4v) is 2.18. The van der Waals surface area contributed by atoms with Crippen LogP contribution in [0.1, 0.15) is 71.1 Å². The lowest BCUT2D eigenvalue weighted by Crippen LogP contribution is -1.94. The molecule has 0 atom stereocenters. The van der Waals surface area contributed by atoms with Crippen molar-refractivity contribution in [1.82, 2.24) is 0 Å². The first-order valence-electron chi connectivity index (χ1n) is 8.72. The molecule has 0 N–H and O–H groups in total. The quantitative estimate of drug-likeness (QED) is 0.168. The molecule has 0 heterocycles. The van der Waals surface area contributed by atoms with Crippen LogP contribution in [0.4, 0.5) is 0 Å². The van der Waals surface area contributed by atoms with Gasteiger partial charge in [-0.25, -0.2) is 0 Å². The highest BCUT2D eigenvalue weighted by Gasteiger charge is 1.97. The Bertz CT molecular complexity index is 381. The van der Waals surface area contributed by atoms with E-state index in [2.05, 4.69) is 58.6 Å². The summed E-state index contributed by atoms with van der Waals surface area (Å²) >= 11 is 1.63. The normalized spacial score (nSPS) is 12.3. The fourth-order valence-electron chi connectivity index (χ4n) is 1.96. The van der Waals surface area contributed by atoms with Crippen molar-refractivity contribution in [2.45, 2.75) is 71.1 Å². The molecule has 0 amide bonds. The summed E-state index contributed by atoms with van der Waals surface area (Å²) in [5.41, 5.74) is 0. The Hall–Kier alpha value is -0.840. The van der Waals surface area contributed by atoms with Crippen LogP contribution in [-0.4, -0.2) is 5.97 Å². The van der Waals surface area contributed by atoms with Crippen molar-refractivity contribution in [2.24, 2.45) is 0 Å². The smallest absolute Gasteiger partial charge is 0.315 e. The van der Waals surface area contributed by atoms with Crippen LogP contribution >= 0.6 is 23.0 Å². The highest BCUT2D eigenvalue weighted by molar-refractivity contribution is 14.1. The van der Waals surface area contributed by atoms with E-state index in [1.807, 2.05) is 0 Å². The van der Waals surface area contributed by atoms with Crippen LogP contribution in [-0.2, 0) is 7.86 Å². The molecule has 0 saturated carbocycles. The molecule has 0 bridgehead atoms. The van der Waals surface area contributed by atoms with Gasteiger partial charge < -0.3 is 3.07 Å². The van der Waals surface area contributed by atoms with E-state index in [1.54, 1.807) is 23.0 Å². The van der Waals surface area contributed by atoms with Crippen LogP contribution in [0.3, 0.4) is 0 Å². The van der Waals surface area contributed by atoms with E-state index in [4.69, 9.17) is 0 Å². The summed E-state index contributed by atoms with van der Waals surface area (Å²) in [6, 6.07) is 0. The number of unbranched alkanes of at least 4 members (excludes halogenated alkanes) is 4. The number of carbonyl (C=O) groups is 1.